The predicted octanol–water partition coefficient (Wildman–Crippen LogP) is 3.11. The quantitative estimate of drug-likeness (QED) is 0.199. The lowest BCUT2D eigenvalue weighted by Crippen LogP contribution is -2.41. The van der Waals surface area contributed by atoms with E-state index in [1.807, 2.05) is 19.1 Å². The van der Waals surface area contributed by atoms with Crippen LogP contribution in [-0.4, -0.2) is 45.2 Å². The molecule has 2 rings (SSSR count). The van der Waals surface area contributed by atoms with Crippen molar-refractivity contribution < 1.29 is 9.53 Å². The van der Waals surface area contributed by atoms with Crippen molar-refractivity contribution in [1.82, 2.24) is 16.0 Å². The third-order valence-electron chi connectivity index (χ3n) is 4.86. The number of methoxy groups -OCH3 is 1. The van der Waals surface area contributed by atoms with Crippen LogP contribution in [-0.2, 0) is 11.2 Å². The summed E-state index contributed by atoms with van der Waals surface area (Å²) in [5.41, 5.74) is 1.23. The molecule has 1 aliphatic rings. The molecule has 7 heteroatoms. The molecule has 1 aromatic carbocycles. The van der Waals surface area contributed by atoms with E-state index in [9.17, 15) is 4.79 Å². The largest absolute Gasteiger partial charge is 0.497 e. The third-order valence-corrected chi connectivity index (χ3v) is 4.86. The summed E-state index contributed by atoms with van der Waals surface area (Å²) < 4.78 is 5.17. The molecule has 1 aliphatic carbocycles. The Morgan fingerprint density at radius 2 is 1.79 bits per heavy atom. The number of hydrogen-bond donors (Lipinski definition) is 3. The van der Waals surface area contributed by atoms with Crippen LogP contribution in [0.25, 0.3) is 0 Å². The highest BCUT2D eigenvalue weighted by molar-refractivity contribution is 14.0. The van der Waals surface area contributed by atoms with Crippen LogP contribution < -0.4 is 20.7 Å². The number of carbonyl (C=O) groups excluding carboxylic acids is 1. The first kappa shape index (κ1) is 24.5. The van der Waals surface area contributed by atoms with Crippen molar-refractivity contribution in [2.45, 2.75) is 45.4 Å². The molecule has 158 valence electrons. The smallest absolute Gasteiger partial charge is 0.220 e. The zero-order valence-electron chi connectivity index (χ0n) is 17.1. The monoisotopic (exact) mass is 502 g/mol. The molecule has 0 spiro atoms. The highest BCUT2D eigenvalue weighted by atomic mass is 127. The van der Waals surface area contributed by atoms with E-state index >= 15 is 0 Å². The van der Waals surface area contributed by atoms with Gasteiger partial charge in [0.1, 0.15) is 5.75 Å². The maximum atomic E-state index is 12.0. The Kier molecular flexibility index (Phi) is 12.7. The lowest BCUT2D eigenvalue weighted by molar-refractivity contribution is -0.121. The maximum Gasteiger partial charge on any atom is 0.220 e. The van der Waals surface area contributed by atoms with Gasteiger partial charge in [0.2, 0.25) is 5.91 Å². The van der Waals surface area contributed by atoms with E-state index in [1.54, 1.807) is 7.11 Å². The molecular weight excluding hydrogens is 467 g/mol. The van der Waals surface area contributed by atoms with Gasteiger partial charge in [0, 0.05) is 32.6 Å². The molecule has 0 heterocycles. The summed E-state index contributed by atoms with van der Waals surface area (Å²) in [5, 5.41) is 9.52. The molecule has 1 saturated carbocycles. The standard InChI is InChI=1S/C21H34N4O2.HI/c1-3-22-21(24-13-12-17-8-10-19(27-2)11-9-17)25-15-14-23-20(26)16-18-6-4-5-7-18;/h8-11,18H,3-7,12-16H2,1-2H3,(H,23,26)(H2,22,24,25);1H. The van der Waals surface area contributed by atoms with Gasteiger partial charge in [-0.25, -0.2) is 0 Å². The van der Waals surface area contributed by atoms with Gasteiger partial charge in [-0.3, -0.25) is 9.79 Å². The molecule has 0 aliphatic heterocycles. The summed E-state index contributed by atoms with van der Waals surface area (Å²) in [5.74, 6) is 2.42. The minimum absolute atomic E-state index is 0. The minimum Gasteiger partial charge on any atom is -0.497 e. The van der Waals surface area contributed by atoms with Crippen LogP contribution in [0.2, 0.25) is 0 Å². The number of halogens is 1. The second-order valence-corrected chi connectivity index (χ2v) is 6.99. The van der Waals surface area contributed by atoms with E-state index in [2.05, 4.69) is 33.1 Å². The number of ether oxygens (including phenoxy) is 1. The van der Waals surface area contributed by atoms with Gasteiger partial charge in [-0.2, -0.15) is 0 Å². The molecule has 0 bridgehead atoms. The third kappa shape index (κ3) is 9.61. The van der Waals surface area contributed by atoms with E-state index in [-0.39, 0.29) is 29.9 Å². The van der Waals surface area contributed by atoms with Crippen molar-refractivity contribution in [1.29, 1.82) is 0 Å². The number of rotatable bonds is 10. The van der Waals surface area contributed by atoms with Gasteiger partial charge in [0.25, 0.3) is 0 Å². The minimum atomic E-state index is 0. The predicted molar refractivity (Wildman–Crippen MR) is 126 cm³/mol. The number of carbonyl (C=O) groups is 1. The summed E-state index contributed by atoms with van der Waals surface area (Å²) in [6.07, 6.45) is 6.51. The fourth-order valence-corrected chi connectivity index (χ4v) is 3.36. The Balaban J connectivity index is 0.00000392. The lowest BCUT2D eigenvalue weighted by Gasteiger charge is -2.13. The molecule has 28 heavy (non-hydrogen) atoms. The van der Waals surface area contributed by atoms with Crippen molar-refractivity contribution in [3.63, 3.8) is 0 Å². The number of aliphatic imine (C=N–C) groups is 1. The molecule has 1 amide bonds. The van der Waals surface area contributed by atoms with Gasteiger partial charge < -0.3 is 20.7 Å². The van der Waals surface area contributed by atoms with Gasteiger partial charge in [-0.1, -0.05) is 25.0 Å². The van der Waals surface area contributed by atoms with E-state index < -0.39 is 0 Å². The maximum absolute atomic E-state index is 12.0. The topological polar surface area (TPSA) is 74.8 Å². The Bertz CT molecular complexity index is 587. The van der Waals surface area contributed by atoms with Crippen LogP contribution >= 0.6 is 24.0 Å². The van der Waals surface area contributed by atoms with Gasteiger partial charge >= 0.3 is 0 Å². The van der Waals surface area contributed by atoms with Crippen molar-refractivity contribution in [3.8, 4) is 5.75 Å². The highest BCUT2D eigenvalue weighted by Gasteiger charge is 2.17. The number of nitrogens with zero attached hydrogens (tertiary/aromatic N) is 1. The van der Waals surface area contributed by atoms with Crippen LogP contribution in [0.1, 0.15) is 44.6 Å². The number of benzene rings is 1. The van der Waals surface area contributed by atoms with Crippen LogP contribution in [0.4, 0.5) is 0 Å². The zero-order chi connectivity index (χ0) is 19.3. The van der Waals surface area contributed by atoms with E-state index in [1.165, 1.54) is 31.2 Å². The zero-order valence-corrected chi connectivity index (χ0v) is 19.5. The first-order chi connectivity index (χ1) is 13.2. The van der Waals surface area contributed by atoms with Crippen LogP contribution in [0, 0.1) is 5.92 Å². The number of hydrogen-bond acceptors (Lipinski definition) is 3. The first-order valence-corrected chi connectivity index (χ1v) is 10.1. The summed E-state index contributed by atoms with van der Waals surface area (Å²) in [4.78, 5) is 16.6. The number of amides is 1. The average molecular weight is 502 g/mol. The Labute approximate surface area is 186 Å². The molecule has 0 unspecified atom stereocenters. The fourth-order valence-electron chi connectivity index (χ4n) is 3.36. The fraction of sp³-hybridized carbons (Fsp3) is 0.619. The molecule has 0 saturated heterocycles. The SMILES string of the molecule is CCNC(=NCCc1ccc(OC)cc1)NCCNC(=O)CC1CCCC1.I. The molecule has 1 aromatic rings. The second-order valence-electron chi connectivity index (χ2n) is 6.99. The summed E-state index contributed by atoms with van der Waals surface area (Å²) in [6.45, 7) is 4.85. The number of nitrogens with one attached hydrogen (secondary N) is 3. The molecular formula is C21H35IN4O2. The Hall–Kier alpha value is -1.51. The summed E-state index contributed by atoms with van der Waals surface area (Å²) in [7, 11) is 1.67. The first-order valence-electron chi connectivity index (χ1n) is 10.1. The van der Waals surface area contributed by atoms with Crippen molar-refractivity contribution in [3.05, 3.63) is 29.8 Å². The lowest BCUT2D eigenvalue weighted by atomic mass is 10.0. The van der Waals surface area contributed by atoms with Gasteiger partial charge in [-0.15, -0.1) is 24.0 Å². The molecule has 0 aromatic heterocycles. The Morgan fingerprint density at radius 1 is 1.11 bits per heavy atom. The van der Waals surface area contributed by atoms with E-state index in [4.69, 9.17) is 4.74 Å². The highest BCUT2D eigenvalue weighted by Crippen LogP contribution is 2.27. The number of guanidine groups is 1. The molecule has 1 fully saturated rings. The van der Waals surface area contributed by atoms with Crippen molar-refractivity contribution >= 4 is 35.8 Å². The van der Waals surface area contributed by atoms with Gasteiger partial charge in [-0.05, 0) is 49.8 Å². The molecule has 6 nitrogen and oxygen atoms in total. The normalized spacial score (nSPS) is 14.3. The molecule has 0 radical (unpaired) electrons. The van der Waals surface area contributed by atoms with Gasteiger partial charge in [0.15, 0.2) is 5.96 Å². The molecule has 0 atom stereocenters. The van der Waals surface area contributed by atoms with Gasteiger partial charge in [0.05, 0.1) is 7.11 Å². The second kappa shape index (κ2) is 14.5. The van der Waals surface area contributed by atoms with Crippen LogP contribution in [0.15, 0.2) is 29.3 Å². The Morgan fingerprint density at radius 3 is 2.43 bits per heavy atom. The summed E-state index contributed by atoms with van der Waals surface area (Å²) in [6, 6.07) is 8.07. The van der Waals surface area contributed by atoms with Crippen molar-refractivity contribution in [2.24, 2.45) is 10.9 Å². The molecule has 3 N–H and O–H groups in total. The van der Waals surface area contributed by atoms with Crippen LogP contribution in [0.3, 0.4) is 0 Å². The summed E-state index contributed by atoms with van der Waals surface area (Å²) >= 11 is 0. The van der Waals surface area contributed by atoms with E-state index in [0.29, 0.717) is 32.0 Å². The van der Waals surface area contributed by atoms with Crippen molar-refractivity contribution in [2.75, 3.05) is 33.3 Å². The van der Waals surface area contributed by atoms with E-state index in [0.717, 1.165) is 24.7 Å². The average Bonchev–Trinajstić information content (AvgIpc) is 3.18. The van der Waals surface area contributed by atoms with Crippen LogP contribution in [0.5, 0.6) is 5.75 Å².